The lowest BCUT2D eigenvalue weighted by Crippen LogP contribution is -2.17. The molecular formula is C15H18ClNS. The van der Waals surface area contributed by atoms with Crippen molar-refractivity contribution in [3.8, 4) is 0 Å². The quantitative estimate of drug-likeness (QED) is 0.843. The molecule has 0 fully saturated rings. The Labute approximate surface area is 118 Å². The molecule has 0 amide bonds. The molecule has 0 saturated carbocycles. The van der Waals surface area contributed by atoms with Crippen LogP contribution in [-0.2, 0) is 6.42 Å². The Kier molecular flexibility index (Phi) is 4.81. The number of hydrogen-bond donors (Lipinski definition) is 1. The van der Waals surface area contributed by atoms with E-state index in [9.17, 15) is 0 Å². The summed E-state index contributed by atoms with van der Waals surface area (Å²) < 4.78 is 0. The zero-order valence-electron chi connectivity index (χ0n) is 10.7. The van der Waals surface area contributed by atoms with Crippen LogP contribution in [0.3, 0.4) is 0 Å². The Morgan fingerprint density at radius 1 is 1.33 bits per heavy atom. The molecule has 0 bridgehead atoms. The normalized spacial score (nSPS) is 12.6. The molecule has 1 aromatic heterocycles. The Hall–Kier alpha value is -0.830. The first-order valence-electron chi connectivity index (χ1n) is 6.16. The van der Waals surface area contributed by atoms with Gasteiger partial charge in [-0.25, -0.2) is 0 Å². The van der Waals surface area contributed by atoms with Crippen molar-refractivity contribution in [1.82, 2.24) is 5.32 Å². The van der Waals surface area contributed by atoms with Crippen LogP contribution in [0.25, 0.3) is 0 Å². The van der Waals surface area contributed by atoms with E-state index in [-0.39, 0.29) is 0 Å². The maximum Gasteiger partial charge on any atom is 0.0435 e. The summed E-state index contributed by atoms with van der Waals surface area (Å²) in [5.74, 6) is 0. The van der Waals surface area contributed by atoms with Gasteiger partial charge >= 0.3 is 0 Å². The molecule has 2 rings (SSSR count). The van der Waals surface area contributed by atoms with Crippen LogP contribution in [-0.4, -0.2) is 7.05 Å². The highest BCUT2D eigenvalue weighted by Crippen LogP contribution is 2.24. The highest BCUT2D eigenvalue weighted by molar-refractivity contribution is 7.09. The molecule has 3 heteroatoms. The summed E-state index contributed by atoms with van der Waals surface area (Å²) in [6, 6.07) is 11.0. The molecule has 1 unspecified atom stereocenters. The molecule has 18 heavy (non-hydrogen) atoms. The molecule has 1 atom stereocenters. The average molecular weight is 280 g/mol. The molecule has 2 aromatic rings. The maximum absolute atomic E-state index is 6.07. The predicted octanol–water partition coefficient (Wildman–Crippen LogP) is 4.60. The fourth-order valence-corrected chi connectivity index (χ4v) is 2.95. The van der Waals surface area contributed by atoms with Gasteiger partial charge in [-0.05, 0) is 55.5 Å². The van der Waals surface area contributed by atoms with E-state index in [2.05, 4.69) is 41.9 Å². The minimum Gasteiger partial charge on any atom is -0.313 e. The molecule has 0 aliphatic rings. The Morgan fingerprint density at radius 3 is 2.78 bits per heavy atom. The van der Waals surface area contributed by atoms with Gasteiger partial charge in [0, 0.05) is 15.9 Å². The number of thiophene rings is 1. The monoisotopic (exact) mass is 279 g/mol. The maximum atomic E-state index is 6.07. The van der Waals surface area contributed by atoms with Crippen molar-refractivity contribution in [3.63, 3.8) is 0 Å². The van der Waals surface area contributed by atoms with Crippen molar-refractivity contribution in [2.45, 2.75) is 25.8 Å². The lowest BCUT2D eigenvalue weighted by molar-refractivity contribution is 0.551. The van der Waals surface area contributed by atoms with Crippen LogP contribution in [0.2, 0.25) is 5.02 Å². The third-order valence-corrected chi connectivity index (χ3v) is 4.55. The van der Waals surface area contributed by atoms with Gasteiger partial charge in [0.2, 0.25) is 0 Å². The van der Waals surface area contributed by atoms with Crippen LogP contribution in [0.4, 0.5) is 0 Å². The van der Waals surface area contributed by atoms with E-state index in [1.54, 1.807) is 0 Å². The van der Waals surface area contributed by atoms with E-state index in [1.165, 1.54) is 10.4 Å². The van der Waals surface area contributed by atoms with Gasteiger partial charge in [-0.1, -0.05) is 29.8 Å². The van der Waals surface area contributed by atoms with E-state index in [4.69, 9.17) is 11.6 Å². The van der Waals surface area contributed by atoms with Gasteiger partial charge in [-0.3, -0.25) is 0 Å². The minimum atomic E-state index is 0.392. The predicted molar refractivity (Wildman–Crippen MR) is 80.6 cm³/mol. The molecule has 1 nitrogen and oxygen atoms in total. The van der Waals surface area contributed by atoms with Crippen molar-refractivity contribution >= 4 is 22.9 Å². The van der Waals surface area contributed by atoms with Gasteiger partial charge in [-0.15, -0.1) is 11.3 Å². The second-order valence-electron chi connectivity index (χ2n) is 4.47. The van der Waals surface area contributed by atoms with Gasteiger partial charge in [0.15, 0.2) is 0 Å². The van der Waals surface area contributed by atoms with Crippen molar-refractivity contribution in [2.75, 3.05) is 7.05 Å². The minimum absolute atomic E-state index is 0.392. The van der Waals surface area contributed by atoms with Crippen LogP contribution in [0, 0.1) is 6.92 Å². The van der Waals surface area contributed by atoms with Crippen molar-refractivity contribution in [1.29, 1.82) is 0 Å². The topological polar surface area (TPSA) is 12.0 Å². The first-order chi connectivity index (χ1) is 8.70. The summed E-state index contributed by atoms with van der Waals surface area (Å²) >= 11 is 7.90. The fourth-order valence-electron chi connectivity index (χ4n) is 2.10. The molecule has 1 aromatic carbocycles. The van der Waals surface area contributed by atoms with E-state index in [0.717, 1.165) is 23.4 Å². The summed E-state index contributed by atoms with van der Waals surface area (Å²) in [6.07, 6.45) is 2.23. The van der Waals surface area contributed by atoms with Crippen LogP contribution >= 0.6 is 22.9 Å². The third kappa shape index (κ3) is 3.35. The van der Waals surface area contributed by atoms with Crippen LogP contribution in [0.5, 0.6) is 0 Å². The number of rotatable bonds is 5. The zero-order valence-corrected chi connectivity index (χ0v) is 12.3. The average Bonchev–Trinajstić information content (AvgIpc) is 2.87. The first kappa shape index (κ1) is 13.6. The molecule has 1 heterocycles. The molecule has 0 spiro atoms. The largest absolute Gasteiger partial charge is 0.313 e. The fraction of sp³-hybridized carbons (Fsp3) is 0.333. The second-order valence-corrected chi connectivity index (χ2v) is 5.91. The summed E-state index contributed by atoms with van der Waals surface area (Å²) in [5.41, 5.74) is 2.46. The molecule has 0 radical (unpaired) electrons. The number of halogens is 1. The van der Waals surface area contributed by atoms with Gasteiger partial charge in [0.1, 0.15) is 0 Å². The van der Waals surface area contributed by atoms with Gasteiger partial charge < -0.3 is 5.32 Å². The highest BCUT2D eigenvalue weighted by Gasteiger charge is 2.10. The lowest BCUT2D eigenvalue weighted by atomic mass is 10.00. The molecular weight excluding hydrogens is 262 g/mol. The van der Waals surface area contributed by atoms with Crippen molar-refractivity contribution in [2.24, 2.45) is 0 Å². The molecule has 1 N–H and O–H groups in total. The van der Waals surface area contributed by atoms with E-state index < -0.39 is 0 Å². The van der Waals surface area contributed by atoms with Gasteiger partial charge in [0.05, 0.1) is 0 Å². The summed E-state index contributed by atoms with van der Waals surface area (Å²) in [6.45, 7) is 2.05. The Morgan fingerprint density at radius 2 is 2.17 bits per heavy atom. The SMILES string of the molecule is CNC(CCc1cccs1)c1ccc(Cl)c(C)c1. The number of aryl methyl sites for hydroxylation is 2. The highest BCUT2D eigenvalue weighted by atomic mass is 35.5. The number of hydrogen-bond acceptors (Lipinski definition) is 2. The summed E-state index contributed by atoms with van der Waals surface area (Å²) in [5, 5.41) is 6.36. The smallest absolute Gasteiger partial charge is 0.0435 e. The van der Waals surface area contributed by atoms with E-state index in [0.29, 0.717) is 6.04 Å². The Balaban J connectivity index is 2.05. The number of nitrogens with one attached hydrogen (secondary N) is 1. The van der Waals surface area contributed by atoms with Crippen molar-refractivity contribution < 1.29 is 0 Å². The number of benzene rings is 1. The summed E-state index contributed by atoms with van der Waals surface area (Å²) in [7, 11) is 2.02. The van der Waals surface area contributed by atoms with Crippen molar-refractivity contribution in [3.05, 3.63) is 56.7 Å². The lowest BCUT2D eigenvalue weighted by Gasteiger charge is -2.17. The molecule has 0 aliphatic carbocycles. The van der Waals surface area contributed by atoms with E-state index in [1.807, 2.05) is 24.5 Å². The van der Waals surface area contributed by atoms with Crippen LogP contribution in [0.15, 0.2) is 35.7 Å². The molecule has 96 valence electrons. The second kappa shape index (κ2) is 6.37. The van der Waals surface area contributed by atoms with Gasteiger partial charge in [-0.2, -0.15) is 0 Å². The zero-order chi connectivity index (χ0) is 13.0. The van der Waals surface area contributed by atoms with Crippen LogP contribution in [0.1, 0.15) is 28.5 Å². The Bertz CT molecular complexity index is 493. The van der Waals surface area contributed by atoms with Crippen LogP contribution < -0.4 is 5.32 Å². The molecule has 0 saturated heterocycles. The van der Waals surface area contributed by atoms with Gasteiger partial charge in [0.25, 0.3) is 0 Å². The molecule has 0 aliphatic heterocycles. The standard InChI is InChI=1S/C15H18ClNS/c1-11-10-12(5-7-14(11)16)15(17-2)8-6-13-4-3-9-18-13/h3-5,7,9-10,15,17H,6,8H2,1-2H3. The summed E-state index contributed by atoms with van der Waals surface area (Å²) in [4.78, 5) is 1.45. The first-order valence-corrected chi connectivity index (χ1v) is 7.42. The third-order valence-electron chi connectivity index (χ3n) is 3.19. The van der Waals surface area contributed by atoms with E-state index >= 15 is 0 Å².